The van der Waals surface area contributed by atoms with Crippen molar-refractivity contribution < 1.29 is 4.79 Å². The van der Waals surface area contributed by atoms with Gasteiger partial charge >= 0.3 is 0 Å². The van der Waals surface area contributed by atoms with E-state index in [4.69, 9.17) is 11.6 Å². The zero-order chi connectivity index (χ0) is 22.2. The summed E-state index contributed by atoms with van der Waals surface area (Å²) in [6, 6.07) is 13.7. The third-order valence-corrected chi connectivity index (χ3v) is 6.67. The highest BCUT2D eigenvalue weighted by Gasteiger charge is 2.21. The first-order valence-corrected chi connectivity index (χ1v) is 11.4. The topological polar surface area (TPSA) is 68.9 Å². The lowest BCUT2D eigenvalue weighted by molar-refractivity contribution is -0.122. The molecule has 7 heteroatoms. The Morgan fingerprint density at radius 2 is 1.97 bits per heavy atom. The Morgan fingerprint density at radius 3 is 2.75 bits per heavy atom. The Hall–Kier alpha value is -3.12. The maximum absolute atomic E-state index is 13.6. The van der Waals surface area contributed by atoms with Crippen LogP contribution in [0.5, 0.6) is 0 Å². The van der Waals surface area contributed by atoms with Gasteiger partial charge in [-0.15, -0.1) is 0 Å². The Balaban J connectivity index is 1.61. The standard InChI is InChI=1S/C25H25ClN4O2/c1-16-10-11-21-19(12-16)23-24(30(21)14-22(31)28-18-7-3-4-8-18)25(32)29(15-27-23)13-17-6-2-5-9-20(17)26/h2,5-6,9-12,15,18H,3-4,7-8,13-14H2,1H3,(H,28,31). The van der Waals surface area contributed by atoms with Crippen LogP contribution in [0.25, 0.3) is 21.9 Å². The van der Waals surface area contributed by atoms with Crippen LogP contribution >= 0.6 is 11.6 Å². The molecule has 32 heavy (non-hydrogen) atoms. The van der Waals surface area contributed by atoms with E-state index >= 15 is 0 Å². The molecule has 0 radical (unpaired) electrons. The lowest BCUT2D eigenvalue weighted by Crippen LogP contribution is -2.35. The lowest BCUT2D eigenvalue weighted by Gasteiger charge is -2.14. The molecule has 1 amide bonds. The number of amides is 1. The molecule has 2 aromatic carbocycles. The second-order valence-corrected chi connectivity index (χ2v) is 9.03. The summed E-state index contributed by atoms with van der Waals surface area (Å²) in [6.07, 6.45) is 5.90. The quantitative estimate of drug-likeness (QED) is 0.491. The highest BCUT2D eigenvalue weighted by molar-refractivity contribution is 6.31. The van der Waals surface area contributed by atoms with Crippen LogP contribution in [-0.4, -0.2) is 26.1 Å². The molecule has 2 heterocycles. The molecule has 4 aromatic rings. The molecule has 2 aromatic heterocycles. The number of fused-ring (bicyclic) bond motifs is 3. The molecular weight excluding hydrogens is 424 g/mol. The molecular formula is C25H25ClN4O2. The largest absolute Gasteiger partial charge is 0.352 e. The Kier molecular flexibility index (Phi) is 5.47. The van der Waals surface area contributed by atoms with Crippen molar-refractivity contribution in [1.29, 1.82) is 0 Å². The fraction of sp³-hybridized carbons (Fsp3) is 0.320. The van der Waals surface area contributed by atoms with Crippen molar-refractivity contribution in [3.05, 3.63) is 75.3 Å². The van der Waals surface area contributed by atoms with E-state index in [0.29, 0.717) is 22.6 Å². The van der Waals surface area contributed by atoms with Gasteiger partial charge in [-0.1, -0.05) is 54.3 Å². The molecule has 0 spiro atoms. The highest BCUT2D eigenvalue weighted by Crippen LogP contribution is 2.27. The minimum Gasteiger partial charge on any atom is -0.352 e. The average molecular weight is 449 g/mol. The number of aromatic nitrogens is 3. The first-order chi connectivity index (χ1) is 15.5. The van der Waals surface area contributed by atoms with Gasteiger partial charge in [-0.05, 0) is 43.5 Å². The van der Waals surface area contributed by atoms with E-state index in [1.54, 1.807) is 17.0 Å². The zero-order valence-electron chi connectivity index (χ0n) is 18.0. The van der Waals surface area contributed by atoms with Gasteiger partial charge in [0.05, 0.1) is 18.4 Å². The summed E-state index contributed by atoms with van der Waals surface area (Å²) in [5, 5.41) is 4.62. The minimum absolute atomic E-state index is 0.0721. The third-order valence-electron chi connectivity index (χ3n) is 6.30. The second kappa shape index (κ2) is 8.43. The molecule has 5 rings (SSSR count). The normalized spacial score (nSPS) is 14.4. The molecule has 164 valence electrons. The fourth-order valence-corrected chi connectivity index (χ4v) is 4.88. The summed E-state index contributed by atoms with van der Waals surface area (Å²) in [4.78, 5) is 31.1. The number of hydrogen-bond donors (Lipinski definition) is 1. The van der Waals surface area contributed by atoms with Gasteiger partial charge < -0.3 is 9.88 Å². The molecule has 1 aliphatic rings. The zero-order valence-corrected chi connectivity index (χ0v) is 18.7. The summed E-state index contributed by atoms with van der Waals surface area (Å²) >= 11 is 6.31. The molecule has 0 saturated heterocycles. The minimum atomic E-state index is -0.183. The Bertz CT molecular complexity index is 1380. The number of carbonyl (C=O) groups is 1. The maximum Gasteiger partial charge on any atom is 0.278 e. The SMILES string of the molecule is Cc1ccc2c(c1)c1ncn(Cc3ccccc3Cl)c(=O)c1n2CC(=O)NC1CCCC1. The van der Waals surface area contributed by atoms with Crippen LogP contribution in [0.2, 0.25) is 5.02 Å². The number of nitrogens with one attached hydrogen (secondary N) is 1. The van der Waals surface area contributed by atoms with Crippen molar-refractivity contribution in [2.45, 2.75) is 51.7 Å². The molecule has 1 N–H and O–H groups in total. The van der Waals surface area contributed by atoms with Crippen molar-refractivity contribution in [1.82, 2.24) is 19.4 Å². The van der Waals surface area contributed by atoms with Crippen LogP contribution in [0.4, 0.5) is 0 Å². The molecule has 1 fully saturated rings. The number of halogens is 1. The Labute approximate surface area is 190 Å². The van der Waals surface area contributed by atoms with Crippen LogP contribution in [0.15, 0.2) is 53.6 Å². The van der Waals surface area contributed by atoms with Crippen molar-refractivity contribution in [2.75, 3.05) is 0 Å². The van der Waals surface area contributed by atoms with E-state index in [1.165, 1.54) is 0 Å². The van der Waals surface area contributed by atoms with Crippen LogP contribution in [0.1, 0.15) is 36.8 Å². The van der Waals surface area contributed by atoms with Crippen LogP contribution in [0, 0.1) is 6.92 Å². The van der Waals surface area contributed by atoms with Gasteiger partial charge in [0.25, 0.3) is 5.56 Å². The highest BCUT2D eigenvalue weighted by atomic mass is 35.5. The van der Waals surface area contributed by atoms with Gasteiger partial charge in [-0.3, -0.25) is 14.2 Å². The van der Waals surface area contributed by atoms with Crippen LogP contribution in [0.3, 0.4) is 0 Å². The monoisotopic (exact) mass is 448 g/mol. The van der Waals surface area contributed by atoms with Gasteiger partial charge in [0.1, 0.15) is 17.6 Å². The summed E-state index contributed by atoms with van der Waals surface area (Å²) < 4.78 is 3.37. The first kappa shape index (κ1) is 20.8. The van der Waals surface area contributed by atoms with Gasteiger partial charge in [-0.25, -0.2) is 4.98 Å². The predicted octanol–water partition coefficient (Wildman–Crippen LogP) is 4.42. The summed E-state index contributed by atoms with van der Waals surface area (Å²) in [5.74, 6) is -0.0721. The summed E-state index contributed by atoms with van der Waals surface area (Å²) in [6.45, 7) is 2.41. The first-order valence-electron chi connectivity index (χ1n) is 11.0. The van der Waals surface area contributed by atoms with Crippen molar-refractivity contribution in [3.8, 4) is 0 Å². The second-order valence-electron chi connectivity index (χ2n) is 8.62. The molecule has 6 nitrogen and oxygen atoms in total. The number of benzene rings is 2. The molecule has 1 saturated carbocycles. The smallest absolute Gasteiger partial charge is 0.278 e. The molecule has 0 atom stereocenters. The van der Waals surface area contributed by atoms with E-state index < -0.39 is 0 Å². The van der Waals surface area contributed by atoms with Crippen molar-refractivity contribution in [2.24, 2.45) is 0 Å². The van der Waals surface area contributed by atoms with Gasteiger partial charge in [0.15, 0.2) is 0 Å². The molecule has 0 aliphatic heterocycles. The average Bonchev–Trinajstić information content (AvgIpc) is 3.38. The van der Waals surface area contributed by atoms with Crippen molar-refractivity contribution >= 4 is 39.4 Å². The van der Waals surface area contributed by atoms with Gasteiger partial charge in [0.2, 0.25) is 5.91 Å². The summed E-state index contributed by atoms with van der Waals surface area (Å²) in [7, 11) is 0. The molecule has 0 unspecified atom stereocenters. The van der Waals surface area contributed by atoms with Gasteiger partial charge in [0, 0.05) is 16.5 Å². The van der Waals surface area contributed by atoms with Crippen LogP contribution in [-0.2, 0) is 17.9 Å². The molecule has 1 aliphatic carbocycles. The third kappa shape index (κ3) is 3.79. The molecule has 0 bridgehead atoms. The number of aryl methyl sites for hydroxylation is 1. The van der Waals surface area contributed by atoms with E-state index in [0.717, 1.165) is 47.7 Å². The number of rotatable bonds is 5. The van der Waals surface area contributed by atoms with E-state index in [-0.39, 0.29) is 24.1 Å². The predicted molar refractivity (Wildman–Crippen MR) is 127 cm³/mol. The van der Waals surface area contributed by atoms with E-state index in [1.807, 2.05) is 47.9 Å². The number of nitrogens with zero attached hydrogens (tertiary/aromatic N) is 3. The lowest BCUT2D eigenvalue weighted by atomic mass is 10.1. The number of hydrogen-bond acceptors (Lipinski definition) is 3. The van der Waals surface area contributed by atoms with Crippen LogP contribution < -0.4 is 10.9 Å². The Morgan fingerprint density at radius 1 is 1.19 bits per heavy atom. The van der Waals surface area contributed by atoms with Gasteiger partial charge in [-0.2, -0.15) is 0 Å². The fourth-order valence-electron chi connectivity index (χ4n) is 4.69. The summed E-state index contributed by atoms with van der Waals surface area (Å²) in [5.41, 5.74) is 3.65. The van der Waals surface area contributed by atoms with E-state index in [9.17, 15) is 9.59 Å². The number of carbonyl (C=O) groups excluding carboxylic acids is 1. The maximum atomic E-state index is 13.6. The van der Waals surface area contributed by atoms with E-state index in [2.05, 4.69) is 10.3 Å². The van der Waals surface area contributed by atoms with Crippen molar-refractivity contribution in [3.63, 3.8) is 0 Å².